The quantitative estimate of drug-likeness (QED) is 0.775. The predicted octanol–water partition coefficient (Wildman–Crippen LogP) is 4.90. The van der Waals surface area contributed by atoms with E-state index in [9.17, 15) is 4.79 Å². The summed E-state index contributed by atoms with van der Waals surface area (Å²) in [6.07, 6.45) is -0.510. The lowest BCUT2D eigenvalue weighted by molar-refractivity contribution is 0.0636. The molecule has 0 aliphatic rings. The standard InChI is InChI=1S/C19H24N2O2/c1-12-7-6-8-15(13(12)2)14-9-10-17(16(20)11-14)21-18(22)23-19(3,4)5/h6-11H,20H2,1-5H3,(H,21,22). The number of nitrogens with one attached hydrogen (secondary N) is 1. The number of anilines is 2. The summed E-state index contributed by atoms with van der Waals surface area (Å²) in [4.78, 5) is 11.8. The van der Waals surface area contributed by atoms with Crippen LogP contribution in [0.3, 0.4) is 0 Å². The summed E-state index contributed by atoms with van der Waals surface area (Å²) in [6.45, 7) is 9.63. The van der Waals surface area contributed by atoms with Crippen molar-refractivity contribution in [1.29, 1.82) is 0 Å². The van der Waals surface area contributed by atoms with Crippen LogP contribution < -0.4 is 11.1 Å². The Morgan fingerprint density at radius 3 is 2.43 bits per heavy atom. The monoisotopic (exact) mass is 312 g/mol. The highest BCUT2D eigenvalue weighted by molar-refractivity contribution is 5.90. The molecule has 1 amide bonds. The number of nitrogen functional groups attached to an aromatic ring is 1. The second-order valence-electron chi connectivity index (χ2n) is 6.68. The van der Waals surface area contributed by atoms with Crippen LogP contribution in [-0.4, -0.2) is 11.7 Å². The molecule has 0 saturated heterocycles. The first-order chi connectivity index (χ1) is 10.7. The van der Waals surface area contributed by atoms with Crippen molar-refractivity contribution in [3.8, 4) is 11.1 Å². The number of aryl methyl sites for hydroxylation is 1. The fourth-order valence-electron chi connectivity index (χ4n) is 2.32. The zero-order chi connectivity index (χ0) is 17.2. The highest BCUT2D eigenvalue weighted by Gasteiger charge is 2.17. The van der Waals surface area contributed by atoms with Crippen LogP contribution in [0.15, 0.2) is 36.4 Å². The van der Waals surface area contributed by atoms with Crippen molar-refractivity contribution in [2.75, 3.05) is 11.1 Å². The Morgan fingerprint density at radius 1 is 1.13 bits per heavy atom. The molecule has 0 bridgehead atoms. The van der Waals surface area contributed by atoms with Crippen LogP contribution in [0, 0.1) is 13.8 Å². The number of rotatable bonds is 2. The molecule has 122 valence electrons. The first-order valence-corrected chi connectivity index (χ1v) is 7.63. The molecule has 0 radical (unpaired) electrons. The Balaban J connectivity index is 2.25. The van der Waals surface area contributed by atoms with E-state index >= 15 is 0 Å². The van der Waals surface area contributed by atoms with Crippen LogP contribution in [0.2, 0.25) is 0 Å². The molecular weight excluding hydrogens is 288 g/mol. The Labute approximate surface area is 137 Å². The van der Waals surface area contributed by atoms with Gasteiger partial charge < -0.3 is 10.5 Å². The SMILES string of the molecule is Cc1cccc(-c2ccc(NC(=O)OC(C)(C)C)c(N)c2)c1C. The van der Waals surface area contributed by atoms with Crippen LogP contribution in [0.1, 0.15) is 31.9 Å². The second kappa shape index (κ2) is 6.32. The number of carbonyl (C=O) groups excluding carboxylic acids is 1. The topological polar surface area (TPSA) is 64.3 Å². The predicted molar refractivity (Wildman–Crippen MR) is 95.6 cm³/mol. The molecule has 2 rings (SSSR count). The Kier molecular flexibility index (Phi) is 4.64. The lowest BCUT2D eigenvalue weighted by Gasteiger charge is -2.20. The fourth-order valence-corrected chi connectivity index (χ4v) is 2.32. The van der Waals surface area contributed by atoms with Crippen molar-refractivity contribution in [3.05, 3.63) is 47.5 Å². The van der Waals surface area contributed by atoms with Gasteiger partial charge in [0.2, 0.25) is 0 Å². The summed E-state index contributed by atoms with van der Waals surface area (Å²) in [5.74, 6) is 0. The molecule has 0 saturated carbocycles. The lowest BCUT2D eigenvalue weighted by Crippen LogP contribution is -2.27. The van der Waals surface area contributed by atoms with Crippen molar-refractivity contribution in [2.24, 2.45) is 0 Å². The number of hydrogen-bond acceptors (Lipinski definition) is 3. The third-order valence-corrected chi connectivity index (χ3v) is 3.60. The van der Waals surface area contributed by atoms with Gasteiger partial charge in [0.25, 0.3) is 0 Å². The molecule has 2 aromatic carbocycles. The largest absolute Gasteiger partial charge is 0.444 e. The highest BCUT2D eigenvalue weighted by atomic mass is 16.6. The van der Waals surface area contributed by atoms with E-state index in [-0.39, 0.29) is 0 Å². The average Bonchev–Trinajstić information content (AvgIpc) is 2.42. The average molecular weight is 312 g/mol. The lowest BCUT2D eigenvalue weighted by atomic mass is 9.96. The third-order valence-electron chi connectivity index (χ3n) is 3.60. The van der Waals surface area contributed by atoms with Gasteiger partial charge in [-0.2, -0.15) is 0 Å². The Hall–Kier alpha value is -2.49. The van der Waals surface area contributed by atoms with Crippen molar-refractivity contribution in [1.82, 2.24) is 0 Å². The summed E-state index contributed by atoms with van der Waals surface area (Å²) >= 11 is 0. The van der Waals surface area contributed by atoms with Crippen LogP contribution in [-0.2, 0) is 4.74 Å². The number of carbonyl (C=O) groups is 1. The van der Waals surface area contributed by atoms with E-state index in [2.05, 4.69) is 31.3 Å². The molecule has 0 aromatic heterocycles. The van der Waals surface area contributed by atoms with Crippen molar-refractivity contribution < 1.29 is 9.53 Å². The summed E-state index contributed by atoms with van der Waals surface area (Å²) in [5, 5.41) is 2.69. The maximum Gasteiger partial charge on any atom is 0.412 e. The number of amides is 1. The molecule has 4 heteroatoms. The van der Waals surface area contributed by atoms with Gasteiger partial charge in [-0.3, -0.25) is 5.32 Å². The van der Waals surface area contributed by atoms with Gasteiger partial charge in [0.05, 0.1) is 11.4 Å². The van der Waals surface area contributed by atoms with E-state index < -0.39 is 11.7 Å². The maximum atomic E-state index is 11.8. The summed E-state index contributed by atoms with van der Waals surface area (Å²) < 4.78 is 5.24. The molecule has 0 spiro atoms. The molecule has 23 heavy (non-hydrogen) atoms. The molecule has 0 unspecified atom stereocenters. The van der Waals surface area contributed by atoms with Crippen molar-refractivity contribution in [3.63, 3.8) is 0 Å². The fraction of sp³-hybridized carbons (Fsp3) is 0.316. The van der Waals surface area contributed by atoms with Gasteiger partial charge in [-0.25, -0.2) is 4.79 Å². The van der Waals surface area contributed by atoms with E-state index in [1.807, 2.05) is 39.0 Å². The number of benzene rings is 2. The molecule has 4 nitrogen and oxygen atoms in total. The van der Waals surface area contributed by atoms with Gasteiger partial charge in [-0.1, -0.05) is 24.3 Å². The van der Waals surface area contributed by atoms with Gasteiger partial charge in [-0.05, 0) is 69.0 Å². The van der Waals surface area contributed by atoms with Crippen LogP contribution in [0.5, 0.6) is 0 Å². The van der Waals surface area contributed by atoms with E-state index in [0.29, 0.717) is 11.4 Å². The zero-order valence-electron chi connectivity index (χ0n) is 14.4. The van der Waals surface area contributed by atoms with Gasteiger partial charge >= 0.3 is 6.09 Å². The van der Waals surface area contributed by atoms with Gasteiger partial charge in [0, 0.05) is 0 Å². The van der Waals surface area contributed by atoms with Crippen molar-refractivity contribution >= 4 is 17.5 Å². The maximum absolute atomic E-state index is 11.8. The van der Waals surface area contributed by atoms with Gasteiger partial charge in [0.15, 0.2) is 0 Å². The molecule has 3 N–H and O–H groups in total. The first-order valence-electron chi connectivity index (χ1n) is 7.63. The summed E-state index contributed by atoms with van der Waals surface area (Å²) in [5.41, 5.74) is 11.2. The third kappa shape index (κ3) is 4.25. The minimum atomic E-state index is -0.544. The normalized spacial score (nSPS) is 11.2. The molecule has 2 aromatic rings. The highest BCUT2D eigenvalue weighted by Crippen LogP contribution is 2.30. The van der Waals surface area contributed by atoms with Crippen LogP contribution >= 0.6 is 0 Å². The number of ether oxygens (including phenoxy) is 1. The van der Waals surface area contributed by atoms with Gasteiger partial charge in [-0.15, -0.1) is 0 Å². The molecule has 0 fully saturated rings. The summed E-state index contributed by atoms with van der Waals surface area (Å²) in [6, 6.07) is 11.8. The van der Waals surface area contributed by atoms with E-state index in [1.165, 1.54) is 11.1 Å². The molecular formula is C19H24N2O2. The second-order valence-corrected chi connectivity index (χ2v) is 6.68. The minimum absolute atomic E-state index is 0.509. The van der Waals surface area contributed by atoms with E-state index in [4.69, 9.17) is 10.5 Å². The van der Waals surface area contributed by atoms with Crippen LogP contribution in [0.25, 0.3) is 11.1 Å². The summed E-state index contributed by atoms with van der Waals surface area (Å²) in [7, 11) is 0. The van der Waals surface area contributed by atoms with E-state index in [0.717, 1.165) is 11.1 Å². The zero-order valence-corrected chi connectivity index (χ0v) is 14.4. The van der Waals surface area contributed by atoms with Gasteiger partial charge in [0.1, 0.15) is 5.60 Å². The molecule has 0 aliphatic heterocycles. The molecule has 0 heterocycles. The van der Waals surface area contributed by atoms with Crippen molar-refractivity contribution in [2.45, 2.75) is 40.2 Å². The first kappa shape index (κ1) is 16.9. The Bertz CT molecular complexity index is 731. The number of nitrogens with two attached hydrogens (primary N) is 1. The molecule has 0 aliphatic carbocycles. The number of hydrogen-bond donors (Lipinski definition) is 2. The smallest absolute Gasteiger partial charge is 0.412 e. The molecule has 0 atom stereocenters. The Morgan fingerprint density at radius 2 is 1.83 bits per heavy atom. The van der Waals surface area contributed by atoms with E-state index in [1.54, 1.807) is 6.07 Å². The minimum Gasteiger partial charge on any atom is -0.444 e. The van der Waals surface area contributed by atoms with Crippen LogP contribution in [0.4, 0.5) is 16.2 Å².